The van der Waals surface area contributed by atoms with Crippen molar-refractivity contribution in [2.24, 2.45) is 0 Å². The van der Waals surface area contributed by atoms with E-state index in [0.717, 1.165) is 13.5 Å². The molecule has 0 atom stereocenters. The lowest BCUT2D eigenvalue weighted by molar-refractivity contribution is -0.479. The van der Waals surface area contributed by atoms with Crippen molar-refractivity contribution in [2.75, 3.05) is 25.4 Å². The number of benzene rings is 1. The summed E-state index contributed by atoms with van der Waals surface area (Å²) in [5.41, 5.74) is 1.20. The summed E-state index contributed by atoms with van der Waals surface area (Å²) in [6, 6.07) is 9.98. The van der Waals surface area contributed by atoms with E-state index in [4.69, 9.17) is 79.7 Å². The number of nitrogens with zero attached hydrogens (tertiary/aromatic N) is 2. The van der Waals surface area contributed by atoms with Crippen molar-refractivity contribution in [2.45, 2.75) is 35.4 Å². The summed E-state index contributed by atoms with van der Waals surface area (Å²) in [6.45, 7) is 1.88. The molecule has 0 aliphatic carbocycles. The van der Waals surface area contributed by atoms with E-state index >= 15 is 0 Å². The smallest absolute Gasteiger partial charge is 0.203 e. The molecule has 164 valence electrons. The van der Waals surface area contributed by atoms with Crippen molar-refractivity contribution in [1.29, 1.82) is 0 Å². The Labute approximate surface area is 195 Å². The quantitative estimate of drug-likeness (QED) is 0.239. The molecule has 0 bridgehead atoms. The summed E-state index contributed by atoms with van der Waals surface area (Å²) >= 11 is 32.7. The normalized spacial score (nSPS) is 9.75. The van der Waals surface area contributed by atoms with Crippen LogP contribution in [0.15, 0.2) is 30.3 Å². The van der Waals surface area contributed by atoms with Gasteiger partial charge < -0.3 is 0 Å². The molecular formula is C16H24Cl6N2O4. The SMILES string of the molecule is CCC[N+](=O)[O-].C[N+](=O)[O-].ClC(Cl)(Cl)CCc1ccccc1.ClCC(Cl)CCl. The van der Waals surface area contributed by atoms with Gasteiger partial charge in [-0.2, -0.15) is 0 Å². The summed E-state index contributed by atoms with van der Waals surface area (Å²) in [4.78, 5) is 17.4. The minimum absolute atomic E-state index is 0.0617. The predicted octanol–water partition coefficient (Wildman–Crippen LogP) is 6.63. The van der Waals surface area contributed by atoms with Gasteiger partial charge in [-0.3, -0.25) is 20.2 Å². The predicted molar refractivity (Wildman–Crippen MR) is 121 cm³/mol. The first kappa shape index (κ1) is 32.4. The first-order valence-electron chi connectivity index (χ1n) is 7.95. The zero-order valence-electron chi connectivity index (χ0n) is 15.5. The van der Waals surface area contributed by atoms with E-state index in [1.807, 2.05) is 30.3 Å². The molecule has 0 heterocycles. The van der Waals surface area contributed by atoms with Crippen molar-refractivity contribution in [1.82, 2.24) is 0 Å². The maximum absolute atomic E-state index is 9.40. The maximum Gasteiger partial charge on any atom is 0.203 e. The van der Waals surface area contributed by atoms with Gasteiger partial charge in [-0.05, 0) is 18.4 Å². The van der Waals surface area contributed by atoms with Crippen LogP contribution in [0.4, 0.5) is 0 Å². The van der Waals surface area contributed by atoms with Crippen molar-refractivity contribution in [3.05, 3.63) is 56.1 Å². The maximum atomic E-state index is 9.40. The van der Waals surface area contributed by atoms with Gasteiger partial charge in [0, 0.05) is 28.0 Å². The Hall–Kier alpha value is -0.240. The molecule has 0 aromatic heterocycles. The van der Waals surface area contributed by atoms with E-state index in [1.54, 1.807) is 6.92 Å². The number of hydrogen-bond acceptors (Lipinski definition) is 4. The third-order valence-electron chi connectivity index (χ3n) is 2.28. The average Bonchev–Trinajstić information content (AvgIpc) is 2.60. The zero-order valence-corrected chi connectivity index (χ0v) is 20.0. The van der Waals surface area contributed by atoms with Crippen molar-refractivity contribution < 1.29 is 9.85 Å². The topological polar surface area (TPSA) is 86.3 Å². The van der Waals surface area contributed by atoms with Gasteiger partial charge in [-0.1, -0.05) is 72.1 Å². The standard InChI is InChI=1S/C9H9Cl3.C3H5Cl3.C3H7NO2.CH3NO2/c10-9(11,12)7-6-8-4-2-1-3-5-8;4-1-3(6)2-5;1-2-3-4(5)6;1-2(3)4/h1-5H,6-7H2;3H,1-2H2;2-3H2,1H3;1H3. The van der Waals surface area contributed by atoms with Crippen LogP contribution in [0.5, 0.6) is 0 Å². The Bertz CT molecular complexity index is 496. The monoisotopic (exact) mass is 518 g/mol. The van der Waals surface area contributed by atoms with E-state index in [9.17, 15) is 10.1 Å². The van der Waals surface area contributed by atoms with Crippen molar-refractivity contribution >= 4 is 69.6 Å². The van der Waals surface area contributed by atoms with Gasteiger partial charge in [-0.15, -0.1) is 34.8 Å². The Morgan fingerprint density at radius 1 is 1.04 bits per heavy atom. The van der Waals surface area contributed by atoms with Gasteiger partial charge in [0.2, 0.25) is 6.54 Å². The fraction of sp³-hybridized carbons (Fsp3) is 0.625. The Morgan fingerprint density at radius 3 is 1.68 bits per heavy atom. The molecule has 0 N–H and O–H groups in total. The van der Waals surface area contributed by atoms with Crippen LogP contribution in [0.25, 0.3) is 0 Å². The summed E-state index contributed by atoms with van der Waals surface area (Å²) in [5, 5.41) is 18.1. The summed E-state index contributed by atoms with van der Waals surface area (Å²) in [6.07, 6.45) is 1.99. The fourth-order valence-corrected chi connectivity index (χ4v) is 1.77. The highest BCUT2D eigenvalue weighted by molar-refractivity contribution is 6.67. The lowest BCUT2D eigenvalue weighted by atomic mass is 10.1. The second kappa shape index (κ2) is 21.5. The molecule has 0 amide bonds. The molecule has 0 unspecified atom stereocenters. The van der Waals surface area contributed by atoms with Gasteiger partial charge in [0.25, 0.3) is 0 Å². The minimum atomic E-state index is -1.13. The molecule has 0 aliphatic heterocycles. The van der Waals surface area contributed by atoms with E-state index in [2.05, 4.69) is 0 Å². The molecule has 0 saturated heterocycles. The van der Waals surface area contributed by atoms with Crippen molar-refractivity contribution in [3.8, 4) is 0 Å². The van der Waals surface area contributed by atoms with Gasteiger partial charge in [0.05, 0.1) is 5.38 Å². The highest BCUT2D eigenvalue weighted by atomic mass is 35.6. The minimum Gasteiger partial charge on any atom is -0.265 e. The third-order valence-corrected chi connectivity index (χ3v) is 4.22. The van der Waals surface area contributed by atoms with Crippen LogP contribution in [0, 0.1) is 20.2 Å². The molecule has 0 spiro atoms. The highest BCUT2D eigenvalue weighted by Gasteiger charge is 2.18. The van der Waals surface area contributed by atoms with Crippen LogP contribution in [-0.4, -0.2) is 44.4 Å². The van der Waals surface area contributed by atoms with Crippen molar-refractivity contribution in [3.63, 3.8) is 0 Å². The van der Waals surface area contributed by atoms with Crippen LogP contribution in [0.3, 0.4) is 0 Å². The Balaban J connectivity index is -0.000000332. The average molecular weight is 521 g/mol. The van der Waals surface area contributed by atoms with Gasteiger partial charge in [0.15, 0.2) is 10.8 Å². The molecule has 1 aromatic carbocycles. The van der Waals surface area contributed by atoms with Crippen LogP contribution in [0.2, 0.25) is 0 Å². The van der Waals surface area contributed by atoms with Gasteiger partial charge >= 0.3 is 0 Å². The Kier molecular flexibility index (Phi) is 24.9. The van der Waals surface area contributed by atoms with E-state index in [1.165, 1.54) is 5.56 Å². The number of rotatable bonds is 6. The van der Waals surface area contributed by atoms with Crippen LogP contribution >= 0.6 is 69.6 Å². The number of hydrogen-bond donors (Lipinski definition) is 0. The lowest BCUT2D eigenvalue weighted by Gasteiger charge is -2.09. The van der Waals surface area contributed by atoms with E-state index in [-0.39, 0.29) is 16.8 Å². The molecule has 0 radical (unpaired) electrons. The molecular weight excluding hydrogens is 497 g/mol. The molecule has 1 rings (SSSR count). The van der Waals surface area contributed by atoms with Gasteiger partial charge in [-0.25, -0.2) is 0 Å². The zero-order chi connectivity index (χ0) is 22.6. The highest BCUT2D eigenvalue weighted by Crippen LogP contribution is 2.31. The molecule has 0 saturated carbocycles. The molecule has 12 heteroatoms. The molecule has 28 heavy (non-hydrogen) atoms. The van der Waals surface area contributed by atoms with Crippen LogP contribution in [0.1, 0.15) is 25.3 Å². The second-order valence-corrected chi connectivity index (χ2v) is 8.75. The number of nitro groups is 2. The summed E-state index contributed by atoms with van der Waals surface area (Å²) in [7, 11) is 0.889. The summed E-state index contributed by atoms with van der Waals surface area (Å²) < 4.78 is -1.13. The number of aryl methyl sites for hydroxylation is 1. The van der Waals surface area contributed by atoms with E-state index < -0.39 is 8.72 Å². The molecule has 1 aromatic rings. The van der Waals surface area contributed by atoms with Crippen LogP contribution in [-0.2, 0) is 6.42 Å². The molecule has 0 aliphatic rings. The molecule has 6 nitrogen and oxygen atoms in total. The fourth-order valence-electron chi connectivity index (χ4n) is 1.15. The molecule has 0 fully saturated rings. The lowest BCUT2D eigenvalue weighted by Crippen LogP contribution is -2.03. The number of alkyl halides is 6. The third kappa shape index (κ3) is 36.6. The number of halogens is 6. The van der Waals surface area contributed by atoms with E-state index in [0.29, 0.717) is 24.6 Å². The first-order chi connectivity index (χ1) is 12.9. The van der Waals surface area contributed by atoms with Crippen LogP contribution < -0.4 is 0 Å². The van der Waals surface area contributed by atoms with Gasteiger partial charge in [0.1, 0.15) is 0 Å². The first-order valence-corrected chi connectivity index (χ1v) is 10.6. The second-order valence-electron chi connectivity index (χ2n) is 5.00. The largest absolute Gasteiger partial charge is 0.265 e. The summed E-state index contributed by atoms with van der Waals surface area (Å²) in [5.74, 6) is 0.871. The Morgan fingerprint density at radius 2 is 1.46 bits per heavy atom.